The molecule has 0 spiro atoms. The van der Waals surface area contributed by atoms with Crippen LogP contribution in [0.1, 0.15) is 45.1 Å². The number of nitrogens with zero attached hydrogens (tertiary/aromatic N) is 1. The molecule has 0 saturated carbocycles. The molecule has 0 radical (unpaired) electrons. The Morgan fingerprint density at radius 1 is 0.875 bits per heavy atom. The van der Waals surface area contributed by atoms with Crippen molar-refractivity contribution in [2.75, 3.05) is 6.54 Å². The summed E-state index contributed by atoms with van der Waals surface area (Å²) < 4.78 is 0. The molecule has 40 heavy (non-hydrogen) atoms. The van der Waals surface area contributed by atoms with Gasteiger partial charge in [-0.1, -0.05) is 26.0 Å². The van der Waals surface area contributed by atoms with Crippen LogP contribution < -0.4 is 33.2 Å². The summed E-state index contributed by atoms with van der Waals surface area (Å²) in [5.41, 5.74) is 17.4. The lowest BCUT2D eigenvalue weighted by molar-refractivity contribution is -0.143. The Hall–Kier alpha value is -4.40. The van der Waals surface area contributed by atoms with Gasteiger partial charge in [0.15, 0.2) is 5.96 Å². The van der Waals surface area contributed by atoms with Crippen LogP contribution in [0, 0.1) is 5.92 Å². The molecule has 1 rings (SSSR count). The van der Waals surface area contributed by atoms with Crippen molar-refractivity contribution < 1.29 is 39.3 Å². The Morgan fingerprint density at radius 3 is 2.00 bits per heavy atom. The maximum atomic E-state index is 13.2. The molecule has 4 atom stereocenters. The Labute approximate surface area is 231 Å². The number of nitrogens with one attached hydrogen (secondary N) is 3. The average Bonchev–Trinajstić information content (AvgIpc) is 2.86. The minimum atomic E-state index is -1.48. The van der Waals surface area contributed by atoms with Gasteiger partial charge in [-0.05, 0) is 49.3 Å². The highest BCUT2D eigenvalue weighted by atomic mass is 16.4. The number of phenols is 1. The number of hydrogen-bond donors (Lipinski definition) is 9. The number of carbonyl (C=O) groups is 5. The Morgan fingerprint density at radius 2 is 1.48 bits per heavy atom. The molecule has 222 valence electrons. The van der Waals surface area contributed by atoms with E-state index in [4.69, 9.17) is 22.3 Å². The van der Waals surface area contributed by atoms with Crippen LogP contribution in [0.25, 0.3) is 0 Å². The highest BCUT2D eigenvalue weighted by Gasteiger charge is 2.32. The number of phenolic OH excluding ortho intramolecular Hbond substituents is 1. The number of carbonyl (C=O) groups excluding carboxylic acids is 3. The molecule has 1 aromatic carbocycles. The molecular formula is C25H39N7O8. The molecule has 0 saturated heterocycles. The van der Waals surface area contributed by atoms with Gasteiger partial charge in [0.05, 0.1) is 6.04 Å². The molecule has 15 nitrogen and oxygen atoms in total. The molecule has 0 aromatic heterocycles. The summed E-state index contributed by atoms with van der Waals surface area (Å²) in [6.45, 7) is 3.41. The number of amides is 3. The van der Waals surface area contributed by atoms with Crippen molar-refractivity contribution in [3.05, 3.63) is 29.8 Å². The van der Waals surface area contributed by atoms with E-state index >= 15 is 0 Å². The third kappa shape index (κ3) is 12.4. The second-order valence-corrected chi connectivity index (χ2v) is 9.55. The fraction of sp³-hybridized carbons (Fsp3) is 0.520. The van der Waals surface area contributed by atoms with Gasteiger partial charge in [-0.25, -0.2) is 4.79 Å². The highest BCUT2D eigenvalue weighted by Crippen LogP contribution is 2.12. The number of carboxylic acid groups (broad SMARTS) is 2. The topological polar surface area (TPSA) is 273 Å². The predicted octanol–water partition coefficient (Wildman–Crippen LogP) is -1.62. The number of aromatic hydroxyl groups is 1. The van der Waals surface area contributed by atoms with E-state index in [0.29, 0.717) is 5.56 Å². The summed E-state index contributed by atoms with van der Waals surface area (Å²) in [5.74, 6) is -5.41. The van der Waals surface area contributed by atoms with E-state index < -0.39 is 66.2 Å². The normalized spacial score (nSPS) is 13.8. The van der Waals surface area contributed by atoms with E-state index in [1.165, 1.54) is 12.1 Å². The third-order valence-electron chi connectivity index (χ3n) is 5.82. The quantitative estimate of drug-likeness (QED) is 0.0587. The van der Waals surface area contributed by atoms with Crippen LogP contribution in [0.4, 0.5) is 0 Å². The van der Waals surface area contributed by atoms with Gasteiger partial charge in [-0.2, -0.15) is 0 Å². The van der Waals surface area contributed by atoms with E-state index in [9.17, 15) is 34.2 Å². The summed E-state index contributed by atoms with van der Waals surface area (Å²) in [5, 5.41) is 35.0. The molecule has 0 aliphatic carbocycles. The SMILES string of the molecule is CC(C)C(NC(=O)C(CCCN=C(N)N)NC(=O)C(N)Cc1ccc(O)cc1)C(=O)NC(CCC(=O)O)C(=O)O. The van der Waals surface area contributed by atoms with Crippen molar-refractivity contribution >= 4 is 35.6 Å². The predicted molar refractivity (Wildman–Crippen MR) is 145 cm³/mol. The first kappa shape index (κ1) is 33.6. The third-order valence-corrected chi connectivity index (χ3v) is 5.82. The summed E-state index contributed by atoms with van der Waals surface area (Å²) in [7, 11) is 0. The number of carboxylic acids is 2. The van der Waals surface area contributed by atoms with Gasteiger partial charge in [0.1, 0.15) is 23.9 Å². The average molecular weight is 566 g/mol. The lowest BCUT2D eigenvalue weighted by atomic mass is 10.0. The number of aliphatic imine (C=N–C) groups is 1. The minimum Gasteiger partial charge on any atom is -0.508 e. The second-order valence-electron chi connectivity index (χ2n) is 9.55. The first-order valence-electron chi connectivity index (χ1n) is 12.7. The summed E-state index contributed by atoms with van der Waals surface area (Å²) in [6, 6.07) is 1.28. The molecule has 0 bridgehead atoms. The maximum absolute atomic E-state index is 13.2. The van der Waals surface area contributed by atoms with Crippen molar-refractivity contribution in [3.63, 3.8) is 0 Å². The van der Waals surface area contributed by atoms with Crippen LogP contribution in [-0.4, -0.2) is 81.7 Å². The molecule has 0 heterocycles. The van der Waals surface area contributed by atoms with E-state index in [1.807, 2.05) is 0 Å². The van der Waals surface area contributed by atoms with E-state index in [1.54, 1.807) is 26.0 Å². The summed E-state index contributed by atoms with van der Waals surface area (Å²) in [6.07, 6.45) is -0.332. The van der Waals surface area contributed by atoms with Crippen LogP contribution in [-0.2, 0) is 30.4 Å². The first-order valence-corrected chi connectivity index (χ1v) is 12.7. The Bertz CT molecular complexity index is 1060. The van der Waals surface area contributed by atoms with Crippen LogP contribution in [0.5, 0.6) is 5.75 Å². The Kier molecular flexibility index (Phi) is 13.9. The minimum absolute atomic E-state index is 0.0552. The van der Waals surface area contributed by atoms with Gasteiger partial charge in [0.2, 0.25) is 17.7 Å². The van der Waals surface area contributed by atoms with Crippen LogP contribution >= 0.6 is 0 Å². The lowest BCUT2D eigenvalue weighted by Gasteiger charge is -2.27. The summed E-state index contributed by atoms with van der Waals surface area (Å²) >= 11 is 0. The zero-order chi connectivity index (χ0) is 30.4. The van der Waals surface area contributed by atoms with Crippen molar-refractivity contribution in [2.24, 2.45) is 28.1 Å². The number of nitrogens with two attached hydrogens (primary N) is 3. The highest BCUT2D eigenvalue weighted by molar-refractivity contribution is 5.94. The number of guanidine groups is 1. The van der Waals surface area contributed by atoms with E-state index in [-0.39, 0.29) is 43.9 Å². The van der Waals surface area contributed by atoms with Gasteiger partial charge in [-0.3, -0.25) is 24.2 Å². The monoisotopic (exact) mass is 565 g/mol. The molecule has 0 fully saturated rings. The van der Waals surface area contributed by atoms with Crippen LogP contribution in [0.15, 0.2) is 29.3 Å². The molecular weight excluding hydrogens is 526 g/mol. The number of aliphatic carboxylic acids is 2. The van der Waals surface area contributed by atoms with E-state index in [0.717, 1.165) is 0 Å². The molecule has 4 unspecified atom stereocenters. The van der Waals surface area contributed by atoms with Gasteiger partial charge in [0, 0.05) is 13.0 Å². The molecule has 15 heteroatoms. The molecule has 1 aromatic rings. The van der Waals surface area contributed by atoms with Gasteiger partial charge < -0.3 is 48.5 Å². The maximum Gasteiger partial charge on any atom is 0.326 e. The lowest BCUT2D eigenvalue weighted by Crippen LogP contribution is -2.58. The largest absolute Gasteiger partial charge is 0.508 e. The van der Waals surface area contributed by atoms with Gasteiger partial charge >= 0.3 is 11.9 Å². The number of rotatable bonds is 17. The first-order chi connectivity index (χ1) is 18.7. The second kappa shape index (κ2) is 16.5. The van der Waals surface area contributed by atoms with Crippen LogP contribution in [0.3, 0.4) is 0 Å². The number of hydrogen-bond acceptors (Lipinski definition) is 8. The molecule has 0 aliphatic rings. The summed E-state index contributed by atoms with van der Waals surface area (Å²) in [4.78, 5) is 65.1. The van der Waals surface area contributed by atoms with Gasteiger partial charge in [0.25, 0.3) is 0 Å². The zero-order valence-corrected chi connectivity index (χ0v) is 22.5. The fourth-order valence-electron chi connectivity index (χ4n) is 3.61. The fourth-order valence-corrected chi connectivity index (χ4v) is 3.61. The van der Waals surface area contributed by atoms with Crippen molar-refractivity contribution in [3.8, 4) is 5.75 Å². The Balaban J connectivity index is 3.00. The van der Waals surface area contributed by atoms with Crippen LogP contribution in [0.2, 0.25) is 0 Å². The smallest absolute Gasteiger partial charge is 0.326 e. The standard InChI is InChI=1S/C25H39N7O8/c1-13(2)20(23(38)31-18(24(39)40)9-10-19(34)35)32-22(37)17(4-3-11-29-25(27)28)30-21(36)16(26)12-14-5-7-15(33)8-6-14/h5-8,13,16-18,20,33H,3-4,9-12,26H2,1-2H3,(H,30,36)(H,31,38)(H,32,37)(H,34,35)(H,39,40)(H4,27,28,29). The van der Waals surface area contributed by atoms with Crippen molar-refractivity contribution in [2.45, 2.75) is 70.1 Å². The zero-order valence-electron chi connectivity index (χ0n) is 22.5. The van der Waals surface area contributed by atoms with E-state index in [2.05, 4.69) is 20.9 Å². The van der Waals surface area contributed by atoms with Crippen molar-refractivity contribution in [1.82, 2.24) is 16.0 Å². The number of benzene rings is 1. The molecule has 3 amide bonds. The molecule has 0 aliphatic heterocycles. The van der Waals surface area contributed by atoms with Gasteiger partial charge in [-0.15, -0.1) is 0 Å². The van der Waals surface area contributed by atoms with Crippen molar-refractivity contribution in [1.29, 1.82) is 0 Å². The molecule has 12 N–H and O–H groups in total.